The van der Waals surface area contributed by atoms with Gasteiger partial charge < -0.3 is 15.4 Å². The minimum Gasteiger partial charge on any atom is -0.492 e. The Bertz CT molecular complexity index is 786. The summed E-state index contributed by atoms with van der Waals surface area (Å²) in [6.45, 7) is 10.5. The number of ether oxygens (including phenoxy) is 1. The van der Waals surface area contributed by atoms with E-state index < -0.39 is 10.0 Å². The van der Waals surface area contributed by atoms with E-state index in [9.17, 15) is 8.42 Å². The Hall–Kier alpha value is -1.07. The van der Waals surface area contributed by atoms with Gasteiger partial charge in [0.15, 0.2) is 5.96 Å². The van der Waals surface area contributed by atoms with Gasteiger partial charge in [0.05, 0.1) is 12.3 Å². The lowest BCUT2D eigenvalue weighted by Crippen LogP contribution is -2.50. The third-order valence-electron chi connectivity index (χ3n) is 5.14. The topological polar surface area (TPSA) is 83.0 Å². The highest BCUT2D eigenvalue weighted by molar-refractivity contribution is 14.0. The van der Waals surface area contributed by atoms with Gasteiger partial charge in [-0.25, -0.2) is 12.7 Å². The van der Waals surface area contributed by atoms with Crippen molar-refractivity contribution in [2.75, 3.05) is 39.0 Å². The molecule has 1 aliphatic heterocycles. The number of hydrogen-bond acceptors (Lipinski definition) is 4. The Balaban J connectivity index is 0.00000450. The molecule has 2 rings (SSSR count). The van der Waals surface area contributed by atoms with Crippen LogP contribution >= 0.6 is 24.0 Å². The minimum atomic E-state index is -3.09. The zero-order valence-corrected chi connectivity index (χ0v) is 21.9. The molecule has 0 aromatic heterocycles. The average Bonchev–Trinajstić information content (AvgIpc) is 2.70. The Morgan fingerprint density at radius 1 is 1.27 bits per heavy atom. The molecule has 0 radical (unpaired) electrons. The minimum absolute atomic E-state index is 0. The number of nitrogens with zero attached hydrogens (tertiary/aromatic N) is 2. The van der Waals surface area contributed by atoms with E-state index in [0.717, 1.165) is 18.6 Å². The number of hydrogen-bond donors (Lipinski definition) is 2. The van der Waals surface area contributed by atoms with Crippen molar-refractivity contribution in [2.45, 2.75) is 52.0 Å². The fourth-order valence-corrected chi connectivity index (χ4v) is 4.37. The first kappa shape index (κ1) is 27.0. The third-order valence-corrected chi connectivity index (χ3v) is 7.02. The van der Waals surface area contributed by atoms with Crippen molar-refractivity contribution in [2.24, 2.45) is 4.99 Å². The molecule has 1 aromatic carbocycles. The second-order valence-electron chi connectivity index (χ2n) is 8.34. The quantitative estimate of drug-likeness (QED) is 0.235. The van der Waals surface area contributed by atoms with E-state index in [2.05, 4.69) is 48.5 Å². The number of guanidine groups is 1. The van der Waals surface area contributed by atoms with Gasteiger partial charge in [0.25, 0.3) is 0 Å². The van der Waals surface area contributed by atoms with Crippen LogP contribution in [0.3, 0.4) is 0 Å². The summed E-state index contributed by atoms with van der Waals surface area (Å²) >= 11 is 0. The summed E-state index contributed by atoms with van der Waals surface area (Å²) in [4.78, 5) is 4.26. The van der Waals surface area contributed by atoms with E-state index in [1.807, 2.05) is 12.1 Å². The first-order chi connectivity index (χ1) is 13.7. The van der Waals surface area contributed by atoms with E-state index in [4.69, 9.17) is 4.74 Å². The molecular weight excluding hydrogens is 515 g/mol. The predicted molar refractivity (Wildman–Crippen MR) is 135 cm³/mol. The molecule has 0 saturated carbocycles. The normalized spacial score (nSPS) is 16.6. The SMILES string of the molecule is CCS(=O)(=O)N1CCC(NC(=NC)NCCOc2cccc(C(C)(C)C)c2)CC1.I. The maximum absolute atomic E-state index is 12.0. The van der Waals surface area contributed by atoms with Gasteiger partial charge in [-0.1, -0.05) is 32.9 Å². The number of aliphatic imine (C=N–C) groups is 1. The van der Waals surface area contributed by atoms with E-state index in [-0.39, 0.29) is 41.2 Å². The van der Waals surface area contributed by atoms with Gasteiger partial charge in [0, 0.05) is 26.2 Å². The summed E-state index contributed by atoms with van der Waals surface area (Å²) in [5, 5.41) is 6.65. The van der Waals surface area contributed by atoms with E-state index in [1.54, 1.807) is 18.3 Å². The molecule has 0 unspecified atom stereocenters. The lowest BCUT2D eigenvalue weighted by molar-refractivity contribution is 0.303. The number of benzene rings is 1. The summed E-state index contributed by atoms with van der Waals surface area (Å²) in [5.41, 5.74) is 1.34. The molecule has 1 aromatic rings. The molecule has 0 spiro atoms. The second-order valence-corrected chi connectivity index (χ2v) is 10.6. The van der Waals surface area contributed by atoms with Gasteiger partial charge in [-0.15, -0.1) is 24.0 Å². The third kappa shape index (κ3) is 8.22. The van der Waals surface area contributed by atoms with Crippen LogP contribution in [0.4, 0.5) is 0 Å². The molecule has 1 saturated heterocycles. The van der Waals surface area contributed by atoms with Crippen molar-refractivity contribution in [1.82, 2.24) is 14.9 Å². The molecule has 0 atom stereocenters. The van der Waals surface area contributed by atoms with Gasteiger partial charge in [-0.05, 0) is 42.9 Å². The Morgan fingerprint density at radius 2 is 1.93 bits per heavy atom. The molecule has 1 fully saturated rings. The Labute approximate surface area is 199 Å². The standard InChI is InChI=1S/C21H36N4O3S.HI/c1-6-29(26,27)25-13-10-18(11-14-25)24-20(22-5)23-12-15-28-19-9-7-8-17(16-19)21(2,3)4;/h7-9,16,18H,6,10-15H2,1-5H3,(H2,22,23,24);1H. The summed E-state index contributed by atoms with van der Waals surface area (Å²) in [7, 11) is -1.36. The highest BCUT2D eigenvalue weighted by atomic mass is 127. The summed E-state index contributed by atoms with van der Waals surface area (Å²) < 4.78 is 31.4. The van der Waals surface area contributed by atoms with Crippen LogP contribution in [0, 0.1) is 0 Å². The lowest BCUT2D eigenvalue weighted by atomic mass is 9.87. The Morgan fingerprint density at radius 3 is 2.50 bits per heavy atom. The molecule has 172 valence electrons. The van der Waals surface area contributed by atoms with E-state index >= 15 is 0 Å². The molecule has 7 nitrogen and oxygen atoms in total. The molecule has 1 aliphatic rings. The summed E-state index contributed by atoms with van der Waals surface area (Å²) in [6.07, 6.45) is 1.55. The molecule has 0 bridgehead atoms. The smallest absolute Gasteiger partial charge is 0.213 e. The highest BCUT2D eigenvalue weighted by Crippen LogP contribution is 2.25. The monoisotopic (exact) mass is 552 g/mol. The molecule has 1 heterocycles. The lowest BCUT2D eigenvalue weighted by Gasteiger charge is -2.32. The zero-order valence-electron chi connectivity index (χ0n) is 18.8. The molecule has 0 amide bonds. The fourth-order valence-electron chi connectivity index (χ4n) is 3.24. The van der Waals surface area contributed by atoms with Crippen LogP contribution in [-0.4, -0.2) is 63.8 Å². The van der Waals surface area contributed by atoms with Gasteiger partial charge in [-0.3, -0.25) is 4.99 Å². The average molecular weight is 553 g/mol. The molecule has 9 heteroatoms. The first-order valence-electron chi connectivity index (χ1n) is 10.3. The van der Waals surface area contributed by atoms with Crippen LogP contribution in [-0.2, 0) is 15.4 Å². The van der Waals surface area contributed by atoms with Crippen molar-refractivity contribution in [3.63, 3.8) is 0 Å². The van der Waals surface area contributed by atoms with Crippen molar-refractivity contribution >= 4 is 40.0 Å². The molecular formula is C21H37IN4O3S. The van der Waals surface area contributed by atoms with Crippen molar-refractivity contribution in [3.05, 3.63) is 29.8 Å². The van der Waals surface area contributed by atoms with Gasteiger partial charge in [0.1, 0.15) is 12.4 Å². The molecule has 0 aliphatic carbocycles. The van der Waals surface area contributed by atoms with Gasteiger partial charge in [-0.2, -0.15) is 0 Å². The van der Waals surface area contributed by atoms with Crippen molar-refractivity contribution in [1.29, 1.82) is 0 Å². The van der Waals surface area contributed by atoms with Gasteiger partial charge >= 0.3 is 0 Å². The summed E-state index contributed by atoms with van der Waals surface area (Å²) in [5.74, 6) is 1.74. The fraction of sp³-hybridized carbons (Fsp3) is 0.667. The van der Waals surface area contributed by atoms with Crippen LogP contribution < -0.4 is 15.4 Å². The van der Waals surface area contributed by atoms with E-state index in [1.165, 1.54) is 5.56 Å². The first-order valence-corrected chi connectivity index (χ1v) is 11.9. The van der Waals surface area contributed by atoms with Gasteiger partial charge in [0.2, 0.25) is 10.0 Å². The maximum atomic E-state index is 12.0. The number of nitrogens with one attached hydrogen (secondary N) is 2. The zero-order chi connectivity index (χ0) is 21.5. The van der Waals surface area contributed by atoms with Crippen LogP contribution in [0.5, 0.6) is 5.75 Å². The van der Waals surface area contributed by atoms with Crippen LogP contribution in [0.1, 0.15) is 46.1 Å². The highest BCUT2D eigenvalue weighted by Gasteiger charge is 2.26. The predicted octanol–water partition coefficient (Wildman–Crippen LogP) is 2.96. The van der Waals surface area contributed by atoms with Crippen LogP contribution in [0.2, 0.25) is 0 Å². The van der Waals surface area contributed by atoms with Crippen LogP contribution in [0.25, 0.3) is 0 Å². The van der Waals surface area contributed by atoms with Crippen molar-refractivity contribution in [3.8, 4) is 5.75 Å². The number of rotatable bonds is 7. The summed E-state index contributed by atoms with van der Waals surface area (Å²) in [6, 6.07) is 8.42. The van der Waals surface area contributed by atoms with E-state index in [0.29, 0.717) is 32.2 Å². The molecule has 30 heavy (non-hydrogen) atoms. The maximum Gasteiger partial charge on any atom is 0.213 e. The number of piperidine rings is 1. The number of halogens is 1. The Kier molecular flexibility index (Phi) is 10.9. The van der Waals surface area contributed by atoms with Crippen molar-refractivity contribution < 1.29 is 13.2 Å². The number of sulfonamides is 1. The second kappa shape index (κ2) is 12.1. The largest absolute Gasteiger partial charge is 0.492 e. The molecule has 2 N–H and O–H groups in total. The van der Waals surface area contributed by atoms with Crippen LogP contribution in [0.15, 0.2) is 29.3 Å².